The smallest absolute Gasteiger partial charge is 0.0893 e. The molecule has 0 heterocycles. The SMILES string of the molecule is CCNC(=S)CNC. The van der Waals surface area contributed by atoms with Gasteiger partial charge < -0.3 is 10.6 Å². The molecular weight excluding hydrogens is 120 g/mol. The summed E-state index contributed by atoms with van der Waals surface area (Å²) in [6.45, 7) is 3.73. The van der Waals surface area contributed by atoms with Gasteiger partial charge in [0.05, 0.1) is 4.99 Å². The first kappa shape index (κ1) is 7.85. The van der Waals surface area contributed by atoms with E-state index in [1.165, 1.54) is 0 Å². The molecule has 0 aliphatic rings. The van der Waals surface area contributed by atoms with Gasteiger partial charge in [0.25, 0.3) is 0 Å². The van der Waals surface area contributed by atoms with Crippen LogP contribution in [-0.2, 0) is 0 Å². The second kappa shape index (κ2) is 5.00. The molecule has 3 heteroatoms. The molecule has 2 N–H and O–H groups in total. The summed E-state index contributed by atoms with van der Waals surface area (Å²) in [7, 11) is 1.88. The van der Waals surface area contributed by atoms with Crippen LogP contribution in [0.2, 0.25) is 0 Å². The lowest BCUT2D eigenvalue weighted by Crippen LogP contribution is -2.30. The Morgan fingerprint density at radius 2 is 2.25 bits per heavy atom. The topological polar surface area (TPSA) is 24.1 Å². The van der Waals surface area contributed by atoms with Crippen LogP contribution in [0, 0.1) is 0 Å². The molecule has 0 rings (SSSR count). The Balaban J connectivity index is 3.06. The van der Waals surface area contributed by atoms with Crippen LogP contribution in [0.3, 0.4) is 0 Å². The number of nitrogens with one attached hydrogen (secondary N) is 2. The van der Waals surface area contributed by atoms with Crippen molar-refractivity contribution in [2.24, 2.45) is 0 Å². The molecule has 2 nitrogen and oxygen atoms in total. The molecule has 0 aliphatic heterocycles. The van der Waals surface area contributed by atoms with Crippen LogP contribution in [0.15, 0.2) is 0 Å². The van der Waals surface area contributed by atoms with E-state index < -0.39 is 0 Å². The number of rotatable bonds is 3. The average molecular weight is 132 g/mol. The van der Waals surface area contributed by atoms with Gasteiger partial charge in [0.15, 0.2) is 0 Å². The molecule has 0 spiro atoms. The number of hydrogen-bond acceptors (Lipinski definition) is 2. The first-order valence-electron chi connectivity index (χ1n) is 2.72. The molecule has 0 aromatic carbocycles. The zero-order valence-electron chi connectivity index (χ0n) is 5.32. The van der Waals surface area contributed by atoms with Gasteiger partial charge >= 0.3 is 0 Å². The second-order valence-electron chi connectivity index (χ2n) is 1.48. The minimum absolute atomic E-state index is 0.781. The van der Waals surface area contributed by atoms with Crippen LogP contribution in [0.1, 0.15) is 6.92 Å². The summed E-state index contributed by atoms with van der Waals surface area (Å²) < 4.78 is 0. The molecule has 0 radical (unpaired) electrons. The lowest BCUT2D eigenvalue weighted by Gasteiger charge is -2.01. The number of hydrogen-bond donors (Lipinski definition) is 2. The van der Waals surface area contributed by atoms with Gasteiger partial charge in [-0.05, 0) is 14.0 Å². The monoisotopic (exact) mass is 132 g/mol. The van der Waals surface area contributed by atoms with Crippen molar-refractivity contribution in [1.29, 1.82) is 0 Å². The summed E-state index contributed by atoms with van der Waals surface area (Å²) in [6, 6.07) is 0. The molecule has 0 aliphatic carbocycles. The Hall–Kier alpha value is -0.150. The zero-order chi connectivity index (χ0) is 6.41. The summed E-state index contributed by atoms with van der Waals surface area (Å²) in [5.74, 6) is 0. The molecule has 0 bridgehead atoms. The van der Waals surface area contributed by atoms with Gasteiger partial charge in [0.2, 0.25) is 0 Å². The van der Waals surface area contributed by atoms with E-state index in [4.69, 9.17) is 12.2 Å². The molecule has 0 saturated heterocycles. The highest BCUT2D eigenvalue weighted by Gasteiger charge is 1.86. The van der Waals surface area contributed by atoms with Crippen molar-refractivity contribution in [2.45, 2.75) is 6.92 Å². The first-order valence-corrected chi connectivity index (χ1v) is 3.13. The summed E-state index contributed by atoms with van der Waals surface area (Å²) in [6.07, 6.45) is 0. The Bertz CT molecular complexity index is 64.8. The minimum Gasteiger partial charge on any atom is -0.379 e. The summed E-state index contributed by atoms with van der Waals surface area (Å²) in [5, 5.41) is 5.96. The van der Waals surface area contributed by atoms with Crippen molar-refractivity contribution >= 4 is 17.2 Å². The molecule has 0 atom stereocenters. The maximum atomic E-state index is 4.88. The van der Waals surface area contributed by atoms with Gasteiger partial charge in [-0.3, -0.25) is 0 Å². The largest absolute Gasteiger partial charge is 0.379 e. The van der Waals surface area contributed by atoms with E-state index in [1.54, 1.807) is 0 Å². The van der Waals surface area contributed by atoms with Crippen LogP contribution in [-0.4, -0.2) is 25.1 Å². The Labute approximate surface area is 55.7 Å². The van der Waals surface area contributed by atoms with Crippen LogP contribution in [0.4, 0.5) is 0 Å². The third-order valence-electron chi connectivity index (χ3n) is 0.711. The summed E-state index contributed by atoms with van der Waals surface area (Å²) in [5.41, 5.74) is 0. The predicted molar refractivity (Wildman–Crippen MR) is 40.2 cm³/mol. The normalized spacial score (nSPS) is 8.75. The maximum Gasteiger partial charge on any atom is 0.0893 e. The van der Waals surface area contributed by atoms with Crippen LogP contribution < -0.4 is 10.6 Å². The molecular formula is C5H12N2S. The Kier molecular flexibility index (Phi) is 4.90. The van der Waals surface area contributed by atoms with Gasteiger partial charge in [0.1, 0.15) is 0 Å². The third-order valence-corrected chi connectivity index (χ3v) is 1.000. The van der Waals surface area contributed by atoms with E-state index in [0.29, 0.717) is 0 Å². The van der Waals surface area contributed by atoms with Gasteiger partial charge in [-0.1, -0.05) is 12.2 Å². The van der Waals surface area contributed by atoms with Crippen molar-refractivity contribution in [3.8, 4) is 0 Å². The molecule has 8 heavy (non-hydrogen) atoms. The van der Waals surface area contributed by atoms with E-state index in [9.17, 15) is 0 Å². The van der Waals surface area contributed by atoms with Gasteiger partial charge in [-0.15, -0.1) is 0 Å². The second-order valence-corrected chi connectivity index (χ2v) is 1.98. The highest BCUT2D eigenvalue weighted by atomic mass is 32.1. The molecule has 0 aromatic rings. The Morgan fingerprint density at radius 1 is 1.62 bits per heavy atom. The van der Waals surface area contributed by atoms with E-state index in [0.717, 1.165) is 18.1 Å². The van der Waals surface area contributed by atoms with E-state index in [1.807, 2.05) is 14.0 Å². The standard InChI is InChI=1S/C5H12N2S/c1-3-7-5(8)4-6-2/h6H,3-4H2,1-2H3,(H,7,8). The van der Waals surface area contributed by atoms with Crippen LogP contribution in [0.5, 0.6) is 0 Å². The van der Waals surface area contributed by atoms with E-state index in [2.05, 4.69) is 10.6 Å². The first-order chi connectivity index (χ1) is 3.81. The number of likely N-dealkylation sites (N-methyl/N-ethyl adjacent to an activating group) is 2. The molecule has 0 saturated carbocycles. The fourth-order valence-electron chi connectivity index (χ4n) is 0.420. The number of thiocarbonyl (C=S) groups is 1. The fourth-order valence-corrected chi connectivity index (χ4v) is 0.709. The minimum atomic E-state index is 0.781. The van der Waals surface area contributed by atoms with E-state index in [-0.39, 0.29) is 0 Å². The highest BCUT2D eigenvalue weighted by molar-refractivity contribution is 7.80. The summed E-state index contributed by atoms with van der Waals surface area (Å²) >= 11 is 4.88. The fraction of sp³-hybridized carbons (Fsp3) is 0.800. The third kappa shape index (κ3) is 4.02. The quantitative estimate of drug-likeness (QED) is 0.534. The molecule has 0 unspecified atom stereocenters. The maximum absolute atomic E-state index is 4.88. The predicted octanol–water partition coefficient (Wildman–Crippen LogP) is 0.143. The molecule has 0 aromatic heterocycles. The molecule has 0 fully saturated rings. The van der Waals surface area contributed by atoms with Crippen molar-refractivity contribution in [2.75, 3.05) is 20.1 Å². The molecule has 48 valence electrons. The van der Waals surface area contributed by atoms with Crippen molar-refractivity contribution in [3.63, 3.8) is 0 Å². The zero-order valence-corrected chi connectivity index (χ0v) is 6.14. The van der Waals surface area contributed by atoms with E-state index >= 15 is 0 Å². The van der Waals surface area contributed by atoms with Crippen molar-refractivity contribution in [3.05, 3.63) is 0 Å². The van der Waals surface area contributed by atoms with Crippen LogP contribution >= 0.6 is 12.2 Å². The van der Waals surface area contributed by atoms with Gasteiger partial charge in [-0.25, -0.2) is 0 Å². The van der Waals surface area contributed by atoms with Crippen molar-refractivity contribution in [1.82, 2.24) is 10.6 Å². The molecule has 0 amide bonds. The lowest BCUT2D eigenvalue weighted by molar-refractivity contribution is 0.893. The summed E-state index contributed by atoms with van der Waals surface area (Å²) in [4.78, 5) is 0.884. The van der Waals surface area contributed by atoms with Gasteiger partial charge in [-0.2, -0.15) is 0 Å². The highest BCUT2D eigenvalue weighted by Crippen LogP contribution is 1.65. The van der Waals surface area contributed by atoms with Crippen LogP contribution in [0.25, 0.3) is 0 Å². The van der Waals surface area contributed by atoms with Gasteiger partial charge in [0, 0.05) is 13.1 Å². The lowest BCUT2D eigenvalue weighted by atomic mass is 10.6. The van der Waals surface area contributed by atoms with Crippen molar-refractivity contribution < 1.29 is 0 Å². The Morgan fingerprint density at radius 3 is 2.62 bits per heavy atom. The average Bonchev–Trinajstić information content (AvgIpc) is 1.68.